The lowest BCUT2D eigenvalue weighted by Crippen LogP contribution is -2.11. The first-order valence-corrected chi connectivity index (χ1v) is 5.95. The Morgan fingerprint density at radius 1 is 1.35 bits per heavy atom. The molecular formula is C12H19N5. The van der Waals surface area contributed by atoms with Crippen LogP contribution in [0.4, 0.5) is 5.82 Å². The summed E-state index contributed by atoms with van der Waals surface area (Å²) in [5.41, 5.74) is 2.36. The van der Waals surface area contributed by atoms with Gasteiger partial charge in [0.05, 0.1) is 18.4 Å². The van der Waals surface area contributed by atoms with E-state index in [9.17, 15) is 0 Å². The number of hydrogen-bond acceptors (Lipinski definition) is 3. The second kappa shape index (κ2) is 5.03. The van der Waals surface area contributed by atoms with Crippen molar-refractivity contribution >= 4 is 5.82 Å². The molecule has 0 aromatic carbocycles. The van der Waals surface area contributed by atoms with E-state index in [1.54, 1.807) is 0 Å². The van der Waals surface area contributed by atoms with Crippen LogP contribution in [-0.4, -0.2) is 19.6 Å². The molecule has 5 nitrogen and oxygen atoms in total. The van der Waals surface area contributed by atoms with Gasteiger partial charge in [-0.05, 0) is 19.4 Å². The van der Waals surface area contributed by atoms with Crippen molar-refractivity contribution in [3.8, 4) is 0 Å². The number of nitrogens with one attached hydrogen (secondary N) is 1. The Morgan fingerprint density at radius 2 is 2.18 bits per heavy atom. The second-order valence-corrected chi connectivity index (χ2v) is 4.20. The number of anilines is 1. The smallest absolute Gasteiger partial charge is 0.127 e. The highest BCUT2D eigenvalue weighted by Gasteiger charge is 2.06. The van der Waals surface area contributed by atoms with Crippen LogP contribution in [-0.2, 0) is 20.1 Å². The maximum atomic E-state index is 4.30. The van der Waals surface area contributed by atoms with Crippen molar-refractivity contribution in [2.75, 3.05) is 5.32 Å². The van der Waals surface area contributed by atoms with Gasteiger partial charge in [0.2, 0.25) is 0 Å². The second-order valence-electron chi connectivity index (χ2n) is 4.20. The van der Waals surface area contributed by atoms with Crippen molar-refractivity contribution in [1.29, 1.82) is 0 Å². The molecule has 0 amide bonds. The third-order valence-electron chi connectivity index (χ3n) is 2.80. The van der Waals surface area contributed by atoms with E-state index in [0.717, 1.165) is 30.9 Å². The van der Waals surface area contributed by atoms with Crippen LogP contribution >= 0.6 is 0 Å². The van der Waals surface area contributed by atoms with E-state index in [1.165, 1.54) is 5.69 Å². The maximum absolute atomic E-state index is 4.30. The van der Waals surface area contributed by atoms with Crippen molar-refractivity contribution in [3.05, 3.63) is 29.7 Å². The molecule has 0 saturated heterocycles. The lowest BCUT2D eigenvalue weighted by molar-refractivity contribution is 0.577. The summed E-state index contributed by atoms with van der Waals surface area (Å²) < 4.78 is 3.90. The number of nitrogens with zero attached hydrogens (tertiary/aromatic N) is 4. The molecule has 0 aliphatic carbocycles. The molecule has 0 aliphatic heterocycles. The standard InChI is InChI=1S/C12H19N5/c1-4-7-17-11(5-6-14-17)9-13-12-10(2)8-15-16(12)3/h5-6,8,13H,4,7,9H2,1-3H3. The minimum Gasteiger partial charge on any atom is -0.364 e. The number of rotatable bonds is 5. The van der Waals surface area contributed by atoms with Crippen LogP contribution in [0.5, 0.6) is 0 Å². The lowest BCUT2D eigenvalue weighted by Gasteiger charge is -2.09. The third kappa shape index (κ3) is 2.49. The molecule has 0 saturated carbocycles. The van der Waals surface area contributed by atoms with E-state index < -0.39 is 0 Å². The SMILES string of the molecule is CCCn1nccc1CNc1c(C)cnn1C. The van der Waals surface area contributed by atoms with Crippen LogP contribution in [0.1, 0.15) is 24.6 Å². The first kappa shape index (κ1) is 11.7. The van der Waals surface area contributed by atoms with Crippen LogP contribution in [0.3, 0.4) is 0 Å². The van der Waals surface area contributed by atoms with Gasteiger partial charge >= 0.3 is 0 Å². The Hall–Kier alpha value is -1.78. The zero-order valence-corrected chi connectivity index (χ0v) is 10.6. The Morgan fingerprint density at radius 3 is 2.82 bits per heavy atom. The zero-order chi connectivity index (χ0) is 12.3. The van der Waals surface area contributed by atoms with Gasteiger partial charge in [0.25, 0.3) is 0 Å². The summed E-state index contributed by atoms with van der Waals surface area (Å²) in [6.07, 6.45) is 4.81. The Balaban J connectivity index is 2.05. The van der Waals surface area contributed by atoms with Crippen LogP contribution in [0.25, 0.3) is 0 Å². The highest BCUT2D eigenvalue weighted by molar-refractivity contribution is 5.42. The van der Waals surface area contributed by atoms with Crippen LogP contribution < -0.4 is 5.32 Å². The summed E-state index contributed by atoms with van der Waals surface area (Å²) in [7, 11) is 1.94. The van der Waals surface area contributed by atoms with Gasteiger partial charge in [-0.25, -0.2) is 0 Å². The summed E-state index contributed by atoms with van der Waals surface area (Å²) in [6, 6.07) is 2.05. The van der Waals surface area contributed by atoms with Crippen molar-refractivity contribution in [1.82, 2.24) is 19.6 Å². The van der Waals surface area contributed by atoms with Gasteiger partial charge in [0.15, 0.2) is 0 Å². The molecule has 17 heavy (non-hydrogen) atoms. The Labute approximate surface area is 101 Å². The quantitative estimate of drug-likeness (QED) is 0.858. The van der Waals surface area contributed by atoms with E-state index in [-0.39, 0.29) is 0 Å². The minimum absolute atomic E-state index is 0.778. The van der Waals surface area contributed by atoms with E-state index in [4.69, 9.17) is 0 Å². The van der Waals surface area contributed by atoms with Gasteiger partial charge in [-0.1, -0.05) is 6.92 Å². The zero-order valence-electron chi connectivity index (χ0n) is 10.6. The fourth-order valence-corrected chi connectivity index (χ4v) is 1.90. The summed E-state index contributed by atoms with van der Waals surface area (Å²) in [6.45, 7) is 5.96. The van der Waals surface area contributed by atoms with E-state index >= 15 is 0 Å². The molecule has 0 atom stereocenters. The topological polar surface area (TPSA) is 47.7 Å². The highest BCUT2D eigenvalue weighted by Crippen LogP contribution is 2.13. The number of hydrogen-bond donors (Lipinski definition) is 1. The molecule has 0 radical (unpaired) electrons. The third-order valence-corrected chi connectivity index (χ3v) is 2.80. The molecule has 2 aromatic rings. The molecule has 0 bridgehead atoms. The summed E-state index contributed by atoms with van der Waals surface area (Å²) in [5.74, 6) is 1.06. The van der Waals surface area contributed by atoms with E-state index in [2.05, 4.69) is 29.4 Å². The Kier molecular flexibility index (Phi) is 3.46. The molecule has 92 valence electrons. The van der Waals surface area contributed by atoms with Crippen LogP contribution in [0.2, 0.25) is 0 Å². The monoisotopic (exact) mass is 233 g/mol. The van der Waals surface area contributed by atoms with Gasteiger partial charge in [-0.2, -0.15) is 10.2 Å². The highest BCUT2D eigenvalue weighted by atomic mass is 15.3. The fourth-order valence-electron chi connectivity index (χ4n) is 1.90. The Bertz CT molecular complexity index is 463. The molecule has 0 spiro atoms. The molecule has 2 rings (SSSR count). The van der Waals surface area contributed by atoms with Gasteiger partial charge in [-0.15, -0.1) is 0 Å². The van der Waals surface area contributed by atoms with Gasteiger partial charge in [-0.3, -0.25) is 9.36 Å². The average molecular weight is 233 g/mol. The fraction of sp³-hybridized carbons (Fsp3) is 0.500. The van der Waals surface area contributed by atoms with Gasteiger partial charge < -0.3 is 5.32 Å². The molecule has 0 unspecified atom stereocenters. The molecule has 2 heterocycles. The van der Waals surface area contributed by atoms with Crippen LogP contribution in [0.15, 0.2) is 18.5 Å². The first-order valence-electron chi connectivity index (χ1n) is 5.95. The molecule has 2 aromatic heterocycles. The first-order chi connectivity index (χ1) is 8.22. The van der Waals surface area contributed by atoms with Gasteiger partial charge in [0.1, 0.15) is 5.82 Å². The largest absolute Gasteiger partial charge is 0.364 e. The van der Waals surface area contributed by atoms with E-state index in [1.807, 2.05) is 34.9 Å². The molecule has 5 heteroatoms. The van der Waals surface area contributed by atoms with Crippen molar-refractivity contribution in [3.63, 3.8) is 0 Å². The molecule has 0 fully saturated rings. The van der Waals surface area contributed by atoms with Crippen molar-refractivity contribution in [2.45, 2.75) is 33.4 Å². The van der Waals surface area contributed by atoms with Crippen molar-refractivity contribution in [2.24, 2.45) is 7.05 Å². The van der Waals surface area contributed by atoms with E-state index in [0.29, 0.717) is 0 Å². The normalized spacial score (nSPS) is 10.8. The summed E-state index contributed by atoms with van der Waals surface area (Å²) in [4.78, 5) is 0. The predicted molar refractivity (Wildman–Crippen MR) is 67.8 cm³/mol. The average Bonchev–Trinajstić information content (AvgIpc) is 2.86. The summed E-state index contributed by atoms with van der Waals surface area (Å²) >= 11 is 0. The molecule has 0 aliphatic rings. The predicted octanol–water partition coefficient (Wildman–Crippen LogP) is 1.95. The van der Waals surface area contributed by atoms with Crippen molar-refractivity contribution < 1.29 is 0 Å². The van der Waals surface area contributed by atoms with Gasteiger partial charge in [0, 0.05) is 25.4 Å². The molecular weight excluding hydrogens is 214 g/mol. The maximum Gasteiger partial charge on any atom is 0.127 e. The summed E-state index contributed by atoms with van der Waals surface area (Å²) in [5, 5.41) is 11.9. The lowest BCUT2D eigenvalue weighted by atomic mass is 10.3. The minimum atomic E-state index is 0.778. The molecule has 1 N–H and O–H groups in total. The number of aromatic nitrogens is 4. The number of aryl methyl sites for hydroxylation is 3. The van der Waals surface area contributed by atoms with Crippen LogP contribution in [0, 0.1) is 6.92 Å².